The number of aliphatic hydroxyl groups excluding tert-OH is 1. The van der Waals surface area contributed by atoms with Crippen LogP contribution in [0.2, 0.25) is 0 Å². The number of sulfonamides is 1. The van der Waals surface area contributed by atoms with Crippen LogP contribution in [0.15, 0.2) is 20.5 Å². The summed E-state index contributed by atoms with van der Waals surface area (Å²) in [5.41, 5.74) is 1.03. The Morgan fingerprint density at radius 3 is 2.41 bits per heavy atom. The highest BCUT2D eigenvalue weighted by Crippen LogP contribution is 2.43. The van der Waals surface area contributed by atoms with Gasteiger partial charge in [0.05, 0.1) is 12.1 Å². The smallest absolute Gasteiger partial charge is 0.252 e. The third-order valence-corrected chi connectivity index (χ3v) is 10.4. The molecular formula is C21H33N5O5S3. The Morgan fingerprint density at radius 2 is 1.88 bits per heavy atom. The minimum absolute atomic E-state index is 0.0750. The van der Waals surface area contributed by atoms with Crippen LogP contribution in [-0.4, -0.2) is 55.5 Å². The summed E-state index contributed by atoms with van der Waals surface area (Å²) in [5, 5.41) is 16.9. The molecule has 3 heterocycles. The number of aryl methyl sites for hydroxylation is 2. The van der Waals surface area contributed by atoms with Gasteiger partial charge in [-0.15, -0.1) is 11.8 Å². The maximum Gasteiger partial charge on any atom is 0.252 e. The molecule has 3 unspecified atom stereocenters. The van der Waals surface area contributed by atoms with Crippen molar-refractivity contribution in [3.05, 3.63) is 33.1 Å². The SMILES string of the molecule is CCN(CC)S(=O)(=O)C1=C(O)C(Nc2n[s+]([O-])nc2N[C@@H](c2cc(C)c(C)o2)C(C)C)C(C)S1. The van der Waals surface area contributed by atoms with Gasteiger partial charge < -0.3 is 24.7 Å². The highest BCUT2D eigenvalue weighted by molar-refractivity contribution is 8.18. The molecule has 0 saturated carbocycles. The molecule has 0 fully saturated rings. The monoisotopic (exact) mass is 531 g/mol. The number of thioether (sulfide) groups is 1. The van der Waals surface area contributed by atoms with Gasteiger partial charge in [-0.2, -0.15) is 4.31 Å². The minimum Gasteiger partial charge on any atom is -0.546 e. The molecule has 13 heteroatoms. The van der Waals surface area contributed by atoms with Gasteiger partial charge in [0, 0.05) is 27.1 Å². The summed E-state index contributed by atoms with van der Waals surface area (Å²) >= 11 is -0.753. The maximum absolute atomic E-state index is 13.0. The number of nitrogens with one attached hydrogen (secondary N) is 2. The van der Waals surface area contributed by atoms with Crippen molar-refractivity contribution in [1.29, 1.82) is 0 Å². The van der Waals surface area contributed by atoms with Crippen molar-refractivity contribution in [3.63, 3.8) is 0 Å². The molecule has 0 aromatic carbocycles. The maximum atomic E-state index is 13.0. The average Bonchev–Trinajstić information content (AvgIpc) is 3.37. The summed E-state index contributed by atoms with van der Waals surface area (Å²) in [6, 6.07) is 0.960. The lowest BCUT2D eigenvalue weighted by Gasteiger charge is -2.21. The topological polar surface area (TPSA) is 144 Å². The normalized spacial score (nSPS) is 20.5. The van der Waals surface area contributed by atoms with Crippen LogP contribution in [0.3, 0.4) is 0 Å². The Balaban J connectivity index is 1.90. The van der Waals surface area contributed by atoms with Crippen LogP contribution in [-0.2, 0) is 10.0 Å². The van der Waals surface area contributed by atoms with Crippen LogP contribution in [0, 0.1) is 19.8 Å². The molecule has 0 spiro atoms. The summed E-state index contributed by atoms with van der Waals surface area (Å²) in [6.07, 6.45) is 0. The van der Waals surface area contributed by atoms with E-state index in [4.69, 9.17) is 4.42 Å². The van der Waals surface area contributed by atoms with E-state index in [1.54, 1.807) is 13.8 Å². The summed E-state index contributed by atoms with van der Waals surface area (Å²) in [4.78, 5) is 0. The number of nitrogens with zero attached hydrogens (tertiary/aromatic N) is 3. The summed E-state index contributed by atoms with van der Waals surface area (Å²) in [5.74, 6) is 1.86. The Kier molecular flexibility index (Phi) is 8.23. The first kappa shape index (κ1) is 26.8. The molecule has 0 saturated heterocycles. The fourth-order valence-corrected chi connectivity index (χ4v) is 7.89. The minimum atomic E-state index is -3.81. The van der Waals surface area contributed by atoms with Gasteiger partial charge in [0.1, 0.15) is 17.3 Å². The molecular weight excluding hydrogens is 498 g/mol. The number of anilines is 2. The van der Waals surface area contributed by atoms with Gasteiger partial charge in [0.15, 0.2) is 15.4 Å². The van der Waals surface area contributed by atoms with E-state index in [-0.39, 0.29) is 38.8 Å². The van der Waals surface area contributed by atoms with Crippen LogP contribution >= 0.6 is 22.9 Å². The van der Waals surface area contributed by atoms with Crippen molar-refractivity contribution in [1.82, 2.24) is 13.1 Å². The highest BCUT2D eigenvalue weighted by Gasteiger charge is 2.42. The Morgan fingerprint density at radius 1 is 1.26 bits per heavy atom. The molecule has 4 atom stereocenters. The zero-order valence-corrected chi connectivity index (χ0v) is 22.9. The molecule has 190 valence electrons. The van der Waals surface area contributed by atoms with Gasteiger partial charge >= 0.3 is 0 Å². The molecule has 2 aromatic rings. The molecule has 0 bridgehead atoms. The summed E-state index contributed by atoms with van der Waals surface area (Å²) in [6.45, 7) is 13.8. The predicted octanol–water partition coefficient (Wildman–Crippen LogP) is 4.54. The fourth-order valence-electron chi connectivity index (χ4n) is 3.77. The third kappa shape index (κ3) is 5.23. The second kappa shape index (κ2) is 10.4. The van der Waals surface area contributed by atoms with Crippen molar-refractivity contribution in [2.24, 2.45) is 5.92 Å². The molecule has 1 aliphatic heterocycles. The zero-order valence-electron chi connectivity index (χ0n) is 20.4. The van der Waals surface area contributed by atoms with Crippen LogP contribution in [0.5, 0.6) is 0 Å². The molecule has 2 aromatic heterocycles. The lowest BCUT2D eigenvalue weighted by atomic mass is 10.0. The standard InChI is InChI=1S/C21H33N5O5S3/c1-8-26(9-2)34(29,30)21-18(27)17(14(7)32-21)23-20-19(24-33(28)25-20)22-16(11(3)4)15-10-12(5)13(6)31-15/h10-11,14,16-17,27H,8-9H2,1-7H3,(H,22,24)(H,23,25)/t14?,16-,17?,33?/m1/s1. The van der Waals surface area contributed by atoms with Crippen LogP contribution in [0.4, 0.5) is 11.6 Å². The number of aliphatic hydroxyl groups is 1. The fraction of sp³-hybridized carbons (Fsp3) is 0.619. The molecule has 34 heavy (non-hydrogen) atoms. The van der Waals surface area contributed by atoms with Crippen molar-refractivity contribution < 1.29 is 22.5 Å². The van der Waals surface area contributed by atoms with E-state index < -0.39 is 27.2 Å². The van der Waals surface area contributed by atoms with Gasteiger partial charge in [-0.1, -0.05) is 34.6 Å². The Labute approximate surface area is 208 Å². The van der Waals surface area contributed by atoms with E-state index in [0.29, 0.717) is 13.1 Å². The molecule has 3 N–H and O–H groups in total. The lowest BCUT2D eigenvalue weighted by Crippen LogP contribution is -2.31. The summed E-state index contributed by atoms with van der Waals surface area (Å²) in [7, 11) is -3.81. The van der Waals surface area contributed by atoms with E-state index in [1.807, 2.05) is 40.7 Å². The molecule has 0 amide bonds. The van der Waals surface area contributed by atoms with Crippen LogP contribution < -0.4 is 10.6 Å². The molecule has 0 aliphatic carbocycles. The second-order valence-electron chi connectivity index (χ2n) is 8.57. The first-order valence-corrected chi connectivity index (χ1v) is 14.6. The Hall–Kier alpha value is -1.80. The number of hydrogen-bond donors (Lipinski definition) is 3. The molecule has 3 rings (SSSR count). The van der Waals surface area contributed by atoms with E-state index in [1.165, 1.54) is 4.31 Å². The van der Waals surface area contributed by atoms with Gasteiger partial charge in [0.2, 0.25) is 11.6 Å². The lowest BCUT2D eigenvalue weighted by molar-refractivity contribution is 0.376. The van der Waals surface area contributed by atoms with Crippen LogP contribution in [0.1, 0.15) is 57.7 Å². The van der Waals surface area contributed by atoms with E-state index in [0.717, 1.165) is 28.8 Å². The number of rotatable bonds is 10. The van der Waals surface area contributed by atoms with Gasteiger partial charge in [-0.3, -0.25) is 0 Å². The van der Waals surface area contributed by atoms with Crippen molar-refractivity contribution in [2.75, 3.05) is 23.7 Å². The van der Waals surface area contributed by atoms with Crippen molar-refractivity contribution >= 4 is 44.6 Å². The van der Waals surface area contributed by atoms with Crippen LogP contribution in [0.25, 0.3) is 0 Å². The largest absolute Gasteiger partial charge is 0.546 e. The number of furan rings is 1. The van der Waals surface area contributed by atoms with E-state index in [2.05, 4.69) is 19.4 Å². The summed E-state index contributed by atoms with van der Waals surface area (Å²) < 4.78 is 53.5. The van der Waals surface area contributed by atoms with Crippen molar-refractivity contribution in [2.45, 2.75) is 65.8 Å². The van der Waals surface area contributed by atoms with Crippen molar-refractivity contribution in [3.8, 4) is 0 Å². The molecule has 1 aliphatic rings. The number of aromatic nitrogens is 2. The average molecular weight is 532 g/mol. The first-order valence-electron chi connectivity index (χ1n) is 11.2. The Bertz CT molecular complexity index is 1130. The van der Waals surface area contributed by atoms with E-state index >= 15 is 0 Å². The molecule has 10 nitrogen and oxygen atoms in total. The van der Waals surface area contributed by atoms with E-state index in [9.17, 15) is 18.1 Å². The quantitative estimate of drug-likeness (QED) is 0.374. The van der Waals surface area contributed by atoms with Gasteiger partial charge in [-0.05, 0) is 31.4 Å². The third-order valence-electron chi connectivity index (χ3n) is 5.85. The first-order chi connectivity index (χ1) is 15.9. The molecule has 0 radical (unpaired) electrons. The van der Waals surface area contributed by atoms with Gasteiger partial charge in [0.25, 0.3) is 10.0 Å². The number of hydrogen-bond acceptors (Lipinski definition) is 10. The van der Waals surface area contributed by atoms with Gasteiger partial charge in [-0.25, -0.2) is 8.42 Å². The predicted molar refractivity (Wildman–Crippen MR) is 136 cm³/mol. The highest BCUT2D eigenvalue weighted by atomic mass is 32.3. The second-order valence-corrected chi connectivity index (χ2v) is 12.9. The zero-order chi connectivity index (χ0) is 25.4.